The number of nitrogens with zero attached hydrogens (tertiary/aromatic N) is 3. The quantitative estimate of drug-likeness (QED) is 0.850. The topological polar surface area (TPSA) is 93.8 Å². The number of nitrogen functional groups attached to an aromatic ring is 1. The Bertz CT molecular complexity index is 585. The van der Waals surface area contributed by atoms with E-state index in [2.05, 4.69) is 20.3 Å². The molecule has 0 aliphatic heterocycles. The Hall–Kier alpha value is -2.50. The molecule has 6 nitrogen and oxygen atoms in total. The summed E-state index contributed by atoms with van der Waals surface area (Å²) in [5.74, 6) is -0.0905. The molecular formula is C13H15N5O. The van der Waals surface area contributed by atoms with E-state index in [9.17, 15) is 4.79 Å². The van der Waals surface area contributed by atoms with E-state index in [1.165, 1.54) is 12.4 Å². The first-order valence-electron chi connectivity index (χ1n) is 5.99. The van der Waals surface area contributed by atoms with Crippen molar-refractivity contribution < 1.29 is 4.79 Å². The van der Waals surface area contributed by atoms with E-state index in [-0.39, 0.29) is 17.4 Å². The third kappa shape index (κ3) is 3.25. The van der Waals surface area contributed by atoms with Crippen molar-refractivity contribution in [2.45, 2.75) is 19.9 Å². The maximum Gasteiger partial charge on any atom is 0.271 e. The van der Waals surface area contributed by atoms with Crippen molar-refractivity contribution in [2.75, 3.05) is 5.73 Å². The second-order valence-electron chi connectivity index (χ2n) is 3.97. The van der Waals surface area contributed by atoms with Crippen LogP contribution in [0.15, 0.2) is 30.7 Å². The lowest BCUT2D eigenvalue weighted by molar-refractivity contribution is 0.0945. The molecule has 19 heavy (non-hydrogen) atoms. The molecule has 0 fully saturated rings. The van der Waals surface area contributed by atoms with Crippen LogP contribution in [0.4, 0.5) is 5.82 Å². The van der Waals surface area contributed by atoms with Crippen LogP contribution in [0.3, 0.4) is 0 Å². The van der Waals surface area contributed by atoms with Gasteiger partial charge in [0.2, 0.25) is 0 Å². The molecule has 0 atom stereocenters. The number of carbonyl (C=O) groups excluding carboxylic acids is 1. The largest absolute Gasteiger partial charge is 0.382 e. The third-order valence-corrected chi connectivity index (χ3v) is 2.67. The summed E-state index contributed by atoms with van der Waals surface area (Å²) in [5, 5.41) is 2.76. The normalized spacial score (nSPS) is 10.2. The minimum absolute atomic E-state index is 0.203. The molecule has 0 unspecified atom stereocenters. The van der Waals surface area contributed by atoms with Crippen LogP contribution in [0.2, 0.25) is 0 Å². The molecular weight excluding hydrogens is 242 g/mol. The van der Waals surface area contributed by atoms with Gasteiger partial charge in [-0.1, -0.05) is 13.0 Å². The van der Waals surface area contributed by atoms with Crippen molar-refractivity contribution in [1.82, 2.24) is 20.3 Å². The van der Waals surface area contributed by atoms with Gasteiger partial charge in [-0.25, -0.2) is 4.98 Å². The number of hydrogen-bond acceptors (Lipinski definition) is 5. The van der Waals surface area contributed by atoms with Gasteiger partial charge in [-0.3, -0.25) is 14.8 Å². The molecule has 2 aromatic heterocycles. The Kier molecular flexibility index (Phi) is 4.02. The van der Waals surface area contributed by atoms with E-state index in [0.29, 0.717) is 6.54 Å². The van der Waals surface area contributed by atoms with Gasteiger partial charge in [0.25, 0.3) is 5.91 Å². The Labute approximate surface area is 111 Å². The molecule has 1 amide bonds. The zero-order valence-electron chi connectivity index (χ0n) is 10.6. The number of amides is 1. The molecule has 2 aromatic rings. The fraction of sp³-hybridized carbons (Fsp3) is 0.231. The second-order valence-corrected chi connectivity index (χ2v) is 3.97. The average Bonchev–Trinajstić information content (AvgIpc) is 2.45. The number of nitrogens with two attached hydrogens (primary N) is 1. The van der Waals surface area contributed by atoms with E-state index < -0.39 is 0 Å². The predicted octanol–water partition coefficient (Wildman–Crippen LogP) is 0.946. The molecule has 0 aliphatic rings. The highest BCUT2D eigenvalue weighted by atomic mass is 16.1. The number of pyridine rings is 1. The highest BCUT2D eigenvalue weighted by Gasteiger charge is 2.09. The molecule has 0 bridgehead atoms. The number of hydrogen-bond donors (Lipinski definition) is 2. The average molecular weight is 257 g/mol. The number of aryl methyl sites for hydroxylation is 1. The van der Waals surface area contributed by atoms with Gasteiger partial charge < -0.3 is 11.1 Å². The van der Waals surface area contributed by atoms with E-state index in [1.54, 1.807) is 6.20 Å². The fourth-order valence-corrected chi connectivity index (χ4v) is 1.70. The van der Waals surface area contributed by atoms with E-state index in [4.69, 9.17) is 5.73 Å². The molecule has 2 rings (SSSR count). The van der Waals surface area contributed by atoms with Crippen LogP contribution in [0.25, 0.3) is 0 Å². The summed E-state index contributed by atoms with van der Waals surface area (Å²) in [6.07, 6.45) is 5.35. The number of carbonyl (C=O) groups is 1. The lowest BCUT2D eigenvalue weighted by atomic mass is 10.1. The first-order chi connectivity index (χ1) is 9.20. The van der Waals surface area contributed by atoms with E-state index in [1.807, 2.05) is 19.1 Å². The van der Waals surface area contributed by atoms with Gasteiger partial charge in [-0.15, -0.1) is 0 Å². The Morgan fingerprint density at radius 1 is 1.42 bits per heavy atom. The molecule has 0 radical (unpaired) electrons. The third-order valence-electron chi connectivity index (χ3n) is 2.67. The lowest BCUT2D eigenvalue weighted by Gasteiger charge is -2.07. The molecule has 3 N–H and O–H groups in total. The van der Waals surface area contributed by atoms with Gasteiger partial charge in [-0.2, -0.15) is 0 Å². The monoisotopic (exact) mass is 257 g/mol. The molecule has 98 valence electrons. The summed E-state index contributed by atoms with van der Waals surface area (Å²) in [6, 6.07) is 3.88. The molecule has 0 aliphatic carbocycles. The molecule has 0 saturated heterocycles. The molecule has 0 aromatic carbocycles. The van der Waals surface area contributed by atoms with Crippen molar-refractivity contribution >= 4 is 11.7 Å². The Morgan fingerprint density at radius 2 is 2.26 bits per heavy atom. The van der Waals surface area contributed by atoms with Gasteiger partial charge in [0.1, 0.15) is 11.5 Å². The summed E-state index contributed by atoms with van der Waals surface area (Å²) < 4.78 is 0. The van der Waals surface area contributed by atoms with Gasteiger partial charge >= 0.3 is 0 Å². The maximum atomic E-state index is 11.9. The van der Waals surface area contributed by atoms with Crippen LogP contribution in [-0.4, -0.2) is 20.9 Å². The minimum Gasteiger partial charge on any atom is -0.382 e. The first kappa shape index (κ1) is 12.9. The molecule has 0 spiro atoms. The summed E-state index contributed by atoms with van der Waals surface area (Å²) >= 11 is 0. The van der Waals surface area contributed by atoms with Crippen LogP contribution >= 0.6 is 0 Å². The van der Waals surface area contributed by atoms with Crippen LogP contribution in [-0.2, 0) is 13.0 Å². The van der Waals surface area contributed by atoms with Gasteiger partial charge in [0.15, 0.2) is 0 Å². The molecule has 0 saturated carbocycles. The zero-order valence-corrected chi connectivity index (χ0v) is 10.6. The van der Waals surface area contributed by atoms with Crippen molar-refractivity contribution in [1.29, 1.82) is 0 Å². The second kappa shape index (κ2) is 5.90. The number of rotatable bonds is 4. The number of anilines is 1. The smallest absolute Gasteiger partial charge is 0.271 e. The van der Waals surface area contributed by atoms with Crippen LogP contribution < -0.4 is 11.1 Å². The van der Waals surface area contributed by atoms with Crippen LogP contribution in [0.5, 0.6) is 0 Å². The Morgan fingerprint density at radius 3 is 3.00 bits per heavy atom. The van der Waals surface area contributed by atoms with Crippen LogP contribution in [0, 0.1) is 0 Å². The van der Waals surface area contributed by atoms with Gasteiger partial charge in [0.05, 0.1) is 24.6 Å². The summed E-state index contributed by atoms with van der Waals surface area (Å²) in [4.78, 5) is 23.9. The lowest BCUT2D eigenvalue weighted by Crippen LogP contribution is -2.25. The van der Waals surface area contributed by atoms with Gasteiger partial charge in [-0.05, 0) is 18.1 Å². The predicted molar refractivity (Wildman–Crippen MR) is 71.2 cm³/mol. The molecule has 6 heteroatoms. The highest BCUT2D eigenvalue weighted by Crippen LogP contribution is 2.06. The van der Waals surface area contributed by atoms with E-state index in [0.717, 1.165) is 17.7 Å². The minimum atomic E-state index is -0.312. The summed E-state index contributed by atoms with van der Waals surface area (Å²) in [5.41, 5.74) is 7.66. The summed E-state index contributed by atoms with van der Waals surface area (Å²) in [6.45, 7) is 2.41. The van der Waals surface area contributed by atoms with Crippen LogP contribution in [0.1, 0.15) is 28.7 Å². The maximum absolute atomic E-state index is 11.9. The summed E-state index contributed by atoms with van der Waals surface area (Å²) in [7, 11) is 0. The SMILES string of the molecule is CCc1cccnc1CNC(=O)c1cncc(N)n1. The van der Waals surface area contributed by atoms with Crippen molar-refractivity contribution in [2.24, 2.45) is 0 Å². The zero-order chi connectivity index (χ0) is 13.7. The fourth-order valence-electron chi connectivity index (χ4n) is 1.70. The highest BCUT2D eigenvalue weighted by molar-refractivity contribution is 5.92. The standard InChI is InChI=1S/C13H15N5O/c1-2-9-4-3-5-16-10(9)7-17-13(19)11-6-15-8-12(14)18-11/h3-6,8H,2,7H2,1H3,(H2,14,18)(H,17,19). The molecule has 2 heterocycles. The van der Waals surface area contributed by atoms with Crippen molar-refractivity contribution in [3.63, 3.8) is 0 Å². The number of aromatic nitrogens is 3. The number of nitrogens with one attached hydrogen (secondary N) is 1. The van der Waals surface area contributed by atoms with Crippen molar-refractivity contribution in [3.8, 4) is 0 Å². The van der Waals surface area contributed by atoms with E-state index >= 15 is 0 Å². The van der Waals surface area contributed by atoms with Crippen molar-refractivity contribution in [3.05, 3.63) is 47.7 Å². The Balaban J connectivity index is 2.04. The first-order valence-corrected chi connectivity index (χ1v) is 5.99. The van der Waals surface area contributed by atoms with Gasteiger partial charge in [0, 0.05) is 6.20 Å².